The third-order valence-corrected chi connectivity index (χ3v) is 0.143. The molecule has 0 atom stereocenters. The summed E-state index contributed by atoms with van der Waals surface area (Å²) in [6, 6.07) is 0. The van der Waals surface area contributed by atoms with Crippen molar-refractivity contribution >= 4 is 0 Å². The van der Waals surface area contributed by atoms with E-state index in [9.17, 15) is 17.6 Å². The summed E-state index contributed by atoms with van der Waals surface area (Å²) in [5.41, 5.74) is 0. The number of hydrogen-bond acceptors (Lipinski definition) is 0. The van der Waals surface area contributed by atoms with E-state index in [-0.39, 0.29) is 0 Å². The standard InChI is InChI=1S/2C3H6.C2F4.C2H4/c2*1-3-2;3-1(4)2(5)6;1-2/h2*3H,1H2,2H3;;1-2H2. The fourth-order valence-electron chi connectivity index (χ4n) is 0. The van der Waals surface area contributed by atoms with E-state index in [1.165, 1.54) is 0 Å². The maximum Gasteiger partial charge on any atom is 0.334 e. The largest absolute Gasteiger partial charge is 0.334 e. The van der Waals surface area contributed by atoms with Crippen LogP contribution < -0.4 is 0 Å². The Balaban J connectivity index is -0.0000000536. The van der Waals surface area contributed by atoms with Gasteiger partial charge in [0.1, 0.15) is 0 Å². The van der Waals surface area contributed by atoms with E-state index >= 15 is 0 Å². The van der Waals surface area contributed by atoms with Crippen LogP contribution in [0.4, 0.5) is 17.6 Å². The van der Waals surface area contributed by atoms with Crippen LogP contribution in [0.3, 0.4) is 0 Å². The van der Waals surface area contributed by atoms with E-state index in [0.29, 0.717) is 0 Å². The van der Waals surface area contributed by atoms with Crippen molar-refractivity contribution < 1.29 is 17.6 Å². The van der Waals surface area contributed by atoms with E-state index in [1.807, 2.05) is 13.8 Å². The van der Waals surface area contributed by atoms with Crippen LogP contribution >= 0.6 is 0 Å². The minimum atomic E-state index is -2.91. The van der Waals surface area contributed by atoms with Crippen molar-refractivity contribution in [2.75, 3.05) is 0 Å². The lowest BCUT2D eigenvalue weighted by atomic mass is 10.8. The molecule has 0 aliphatic carbocycles. The molecular formula is C10H16F4. The molecule has 0 saturated carbocycles. The van der Waals surface area contributed by atoms with Crippen molar-refractivity contribution in [1.29, 1.82) is 0 Å². The lowest BCUT2D eigenvalue weighted by Gasteiger charge is -1.69. The fourth-order valence-corrected chi connectivity index (χ4v) is 0. The van der Waals surface area contributed by atoms with Crippen molar-refractivity contribution in [2.45, 2.75) is 13.8 Å². The van der Waals surface area contributed by atoms with Gasteiger partial charge in [-0.25, -0.2) is 0 Å². The Bertz CT molecular complexity index is 126. The van der Waals surface area contributed by atoms with Crippen molar-refractivity contribution in [3.05, 3.63) is 50.6 Å². The molecule has 0 saturated heterocycles. The Kier molecular flexibility index (Phi) is 49.0. The van der Waals surface area contributed by atoms with E-state index < -0.39 is 12.2 Å². The Morgan fingerprint density at radius 2 is 0.857 bits per heavy atom. The zero-order valence-electron chi connectivity index (χ0n) is 8.49. The third kappa shape index (κ3) is 139. The van der Waals surface area contributed by atoms with E-state index in [1.54, 1.807) is 12.2 Å². The van der Waals surface area contributed by atoms with Crippen LogP contribution in [-0.2, 0) is 0 Å². The summed E-state index contributed by atoms with van der Waals surface area (Å²) in [5, 5.41) is 0. The topological polar surface area (TPSA) is 0 Å². The highest BCUT2D eigenvalue weighted by Gasteiger charge is 1.98. The monoisotopic (exact) mass is 212 g/mol. The van der Waals surface area contributed by atoms with Crippen molar-refractivity contribution in [3.8, 4) is 0 Å². The summed E-state index contributed by atoms with van der Waals surface area (Å²) in [6.07, 6.45) is -2.31. The van der Waals surface area contributed by atoms with Crippen LogP contribution in [0, 0.1) is 0 Å². The molecule has 0 aromatic rings. The molecule has 0 nitrogen and oxygen atoms in total. The minimum Gasteiger partial charge on any atom is -0.167 e. The SMILES string of the molecule is C=C.C=CC.C=CC.FC(F)=C(F)F. The summed E-state index contributed by atoms with van der Waals surface area (Å²) < 4.78 is 41.1. The molecule has 0 spiro atoms. The van der Waals surface area contributed by atoms with Gasteiger partial charge in [0.15, 0.2) is 0 Å². The van der Waals surface area contributed by atoms with Gasteiger partial charge in [0, 0.05) is 0 Å². The summed E-state index contributed by atoms with van der Waals surface area (Å²) in [4.78, 5) is 0. The first-order chi connectivity index (χ1) is 6.47. The molecule has 0 unspecified atom stereocenters. The van der Waals surface area contributed by atoms with E-state index in [0.717, 1.165) is 0 Å². The van der Waals surface area contributed by atoms with Gasteiger partial charge in [-0.2, -0.15) is 17.6 Å². The molecule has 0 aromatic heterocycles. The second-order valence-electron chi connectivity index (χ2n) is 1.34. The maximum atomic E-state index is 10.3. The zero-order chi connectivity index (χ0) is 12.6. The Morgan fingerprint density at radius 1 is 0.786 bits per heavy atom. The Labute approximate surface area is 82.9 Å². The molecule has 14 heavy (non-hydrogen) atoms. The zero-order valence-corrected chi connectivity index (χ0v) is 8.49. The molecule has 0 amide bonds. The van der Waals surface area contributed by atoms with Crippen LogP contribution in [0.5, 0.6) is 0 Å². The Hall–Kier alpha value is -1.32. The molecule has 0 bridgehead atoms. The highest BCUT2D eigenvalue weighted by molar-refractivity contribution is 4.77. The number of hydrogen-bond donors (Lipinski definition) is 0. The van der Waals surface area contributed by atoms with Gasteiger partial charge in [0.25, 0.3) is 0 Å². The van der Waals surface area contributed by atoms with Gasteiger partial charge in [0.2, 0.25) is 0 Å². The normalized spacial score (nSPS) is 5.57. The van der Waals surface area contributed by atoms with Gasteiger partial charge >= 0.3 is 12.2 Å². The van der Waals surface area contributed by atoms with Crippen LogP contribution in [0.15, 0.2) is 50.6 Å². The first-order valence-corrected chi connectivity index (χ1v) is 3.48. The lowest BCUT2D eigenvalue weighted by molar-refractivity contribution is 0.308. The molecule has 0 radical (unpaired) electrons. The van der Waals surface area contributed by atoms with Gasteiger partial charge in [-0.3, -0.25) is 0 Å². The lowest BCUT2D eigenvalue weighted by Crippen LogP contribution is -1.56. The van der Waals surface area contributed by atoms with Crippen LogP contribution in [-0.4, -0.2) is 0 Å². The summed E-state index contributed by atoms with van der Waals surface area (Å²) in [6.45, 7) is 16.5. The van der Waals surface area contributed by atoms with Crippen LogP contribution in [0.2, 0.25) is 0 Å². The molecule has 0 heterocycles. The quantitative estimate of drug-likeness (QED) is 0.383. The maximum absolute atomic E-state index is 10.3. The Morgan fingerprint density at radius 3 is 0.857 bits per heavy atom. The molecule has 0 aliphatic rings. The van der Waals surface area contributed by atoms with Crippen molar-refractivity contribution in [1.82, 2.24) is 0 Å². The van der Waals surface area contributed by atoms with Crippen LogP contribution in [0.1, 0.15) is 13.8 Å². The van der Waals surface area contributed by atoms with Gasteiger partial charge in [-0.05, 0) is 13.8 Å². The fraction of sp³-hybridized carbons (Fsp3) is 0.200. The average Bonchev–Trinajstić information content (AvgIpc) is 2.10. The van der Waals surface area contributed by atoms with Gasteiger partial charge in [-0.15, -0.1) is 26.3 Å². The van der Waals surface area contributed by atoms with Gasteiger partial charge in [-0.1, -0.05) is 12.2 Å². The number of halogens is 4. The van der Waals surface area contributed by atoms with E-state index in [4.69, 9.17) is 0 Å². The average molecular weight is 212 g/mol. The molecular weight excluding hydrogens is 196 g/mol. The predicted octanol–water partition coefficient (Wildman–Crippen LogP) is 5.18. The molecule has 0 aromatic carbocycles. The first kappa shape index (κ1) is 23.0. The molecule has 0 fully saturated rings. The molecule has 0 rings (SSSR count). The summed E-state index contributed by atoms with van der Waals surface area (Å²) in [7, 11) is 0. The van der Waals surface area contributed by atoms with Crippen molar-refractivity contribution in [2.24, 2.45) is 0 Å². The van der Waals surface area contributed by atoms with Crippen LogP contribution in [0.25, 0.3) is 0 Å². The summed E-state index contributed by atoms with van der Waals surface area (Å²) >= 11 is 0. The third-order valence-electron chi connectivity index (χ3n) is 0.143. The predicted molar refractivity (Wildman–Crippen MR) is 54.5 cm³/mol. The number of rotatable bonds is 0. The summed E-state index contributed by atoms with van der Waals surface area (Å²) in [5.74, 6) is 0. The van der Waals surface area contributed by atoms with Gasteiger partial charge < -0.3 is 0 Å². The molecule has 0 N–H and O–H groups in total. The second kappa shape index (κ2) is 29.9. The van der Waals surface area contributed by atoms with Crippen molar-refractivity contribution in [3.63, 3.8) is 0 Å². The molecule has 4 heteroatoms. The molecule has 84 valence electrons. The molecule has 0 aliphatic heterocycles. The minimum absolute atomic E-state index is 1.75. The smallest absolute Gasteiger partial charge is 0.167 e. The first-order valence-electron chi connectivity index (χ1n) is 3.48. The number of allylic oxidation sites excluding steroid dienone is 2. The highest BCUT2D eigenvalue weighted by atomic mass is 19.3. The van der Waals surface area contributed by atoms with E-state index in [2.05, 4.69) is 26.3 Å². The second-order valence-corrected chi connectivity index (χ2v) is 1.34. The van der Waals surface area contributed by atoms with Gasteiger partial charge in [0.05, 0.1) is 0 Å². The highest BCUT2D eigenvalue weighted by Crippen LogP contribution is 2.08.